The quantitative estimate of drug-likeness (QED) is 0.391. The lowest BCUT2D eigenvalue weighted by molar-refractivity contribution is -0.116. The molecule has 0 spiro atoms. The predicted molar refractivity (Wildman–Crippen MR) is 141 cm³/mol. The topological polar surface area (TPSA) is 68.8 Å². The molecule has 3 aromatic carbocycles. The minimum Gasteiger partial charge on any atom is -0.497 e. The number of ether oxygens (including phenoxy) is 3. The fourth-order valence-corrected chi connectivity index (χ4v) is 5.43. The highest BCUT2D eigenvalue weighted by Gasteiger charge is 2.37. The van der Waals surface area contributed by atoms with Gasteiger partial charge >= 0.3 is 0 Å². The zero-order chi connectivity index (χ0) is 24.5. The van der Waals surface area contributed by atoms with Crippen LogP contribution in [0.3, 0.4) is 0 Å². The maximum Gasteiger partial charge on any atom is 0.163 e. The summed E-state index contributed by atoms with van der Waals surface area (Å²) in [6.45, 7) is 0. The van der Waals surface area contributed by atoms with Crippen molar-refractivity contribution in [3.05, 3.63) is 87.5 Å². The molecule has 5 rings (SSSR count). The lowest BCUT2D eigenvalue weighted by Crippen LogP contribution is -2.27. The fourth-order valence-electron chi connectivity index (χ4n) is 4.95. The highest BCUT2D eigenvalue weighted by atomic mass is 79.9. The van der Waals surface area contributed by atoms with E-state index in [9.17, 15) is 4.79 Å². The maximum atomic E-state index is 13.8. The first-order valence-electron chi connectivity index (χ1n) is 11.5. The van der Waals surface area contributed by atoms with Crippen molar-refractivity contribution in [3.63, 3.8) is 0 Å². The van der Waals surface area contributed by atoms with Gasteiger partial charge in [-0.1, -0.05) is 24.3 Å². The Hall–Kier alpha value is -3.45. The average Bonchev–Trinajstić information content (AvgIpc) is 3.05. The number of para-hydroxylation sites is 2. The van der Waals surface area contributed by atoms with E-state index >= 15 is 0 Å². The second-order valence-corrected chi connectivity index (χ2v) is 9.52. The zero-order valence-electron chi connectivity index (χ0n) is 19.9. The maximum absolute atomic E-state index is 13.8. The van der Waals surface area contributed by atoms with Gasteiger partial charge in [0.1, 0.15) is 17.2 Å². The van der Waals surface area contributed by atoms with E-state index in [1.54, 1.807) is 21.3 Å². The molecule has 0 saturated carbocycles. The normalized spacial score (nSPS) is 19.0. The number of benzene rings is 3. The molecule has 6 nitrogen and oxygen atoms in total. The predicted octanol–water partition coefficient (Wildman–Crippen LogP) is 6.45. The molecule has 7 heteroatoms. The van der Waals surface area contributed by atoms with Crippen LogP contribution >= 0.6 is 15.9 Å². The first-order chi connectivity index (χ1) is 17.0. The first-order valence-corrected chi connectivity index (χ1v) is 12.3. The fraction of sp³-hybridized carbons (Fsp3) is 0.250. The van der Waals surface area contributed by atoms with E-state index in [0.29, 0.717) is 17.9 Å². The number of anilines is 2. The zero-order valence-corrected chi connectivity index (χ0v) is 21.4. The number of carbonyl (C=O) groups excluding carboxylic acids is 1. The summed E-state index contributed by atoms with van der Waals surface area (Å²) in [5, 5.41) is 7.19. The number of fused-ring (bicyclic) bond motifs is 1. The number of hydrogen-bond donors (Lipinski definition) is 2. The van der Waals surface area contributed by atoms with Crippen LogP contribution in [0, 0.1) is 0 Å². The Balaban J connectivity index is 1.63. The van der Waals surface area contributed by atoms with Crippen molar-refractivity contribution in [2.45, 2.75) is 24.8 Å². The van der Waals surface area contributed by atoms with Crippen molar-refractivity contribution >= 4 is 33.1 Å². The van der Waals surface area contributed by atoms with Crippen LogP contribution in [0.1, 0.15) is 35.9 Å². The van der Waals surface area contributed by atoms with Crippen LogP contribution in [0.15, 0.2) is 76.4 Å². The van der Waals surface area contributed by atoms with E-state index in [2.05, 4.69) is 26.6 Å². The van der Waals surface area contributed by atoms with Crippen LogP contribution in [-0.4, -0.2) is 27.1 Å². The summed E-state index contributed by atoms with van der Waals surface area (Å²) in [6.07, 6.45) is 1.15. The van der Waals surface area contributed by atoms with Gasteiger partial charge in [0.25, 0.3) is 0 Å². The van der Waals surface area contributed by atoms with Gasteiger partial charge in [-0.05, 0) is 70.2 Å². The van der Waals surface area contributed by atoms with Crippen LogP contribution in [0.2, 0.25) is 0 Å². The van der Waals surface area contributed by atoms with Crippen LogP contribution in [-0.2, 0) is 4.79 Å². The number of halogens is 1. The third-order valence-corrected chi connectivity index (χ3v) is 7.33. The summed E-state index contributed by atoms with van der Waals surface area (Å²) in [4.78, 5) is 13.8. The molecule has 0 bridgehead atoms. The molecule has 0 radical (unpaired) electrons. The Bertz CT molecular complexity index is 1300. The van der Waals surface area contributed by atoms with Gasteiger partial charge in [0.2, 0.25) is 0 Å². The smallest absolute Gasteiger partial charge is 0.163 e. The summed E-state index contributed by atoms with van der Waals surface area (Å²) >= 11 is 3.55. The molecule has 3 aromatic rings. The number of hydrogen-bond acceptors (Lipinski definition) is 6. The monoisotopic (exact) mass is 534 g/mol. The molecular weight excluding hydrogens is 508 g/mol. The van der Waals surface area contributed by atoms with Crippen LogP contribution in [0.5, 0.6) is 17.2 Å². The molecule has 0 saturated heterocycles. The summed E-state index contributed by atoms with van der Waals surface area (Å²) in [6, 6.07) is 19.4. The summed E-state index contributed by atoms with van der Waals surface area (Å²) < 4.78 is 17.4. The number of carbonyl (C=O) groups is 1. The summed E-state index contributed by atoms with van der Waals surface area (Å²) in [5.41, 5.74) is 5.48. The van der Waals surface area contributed by atoms with Gasteiger partial charge in [0, 0.05) is 23.3 Å². The van der Waals surface area contributed by atoms with Crippen molar-refractivity contribution in [2.24, 2.45) is 0 Å². The Morgan fingerprint density at radius 1 is 0.857 bits per heavy atom. The number of rotatable bonds is 5. The highest BCUT2D eigenvalue weighted by molar-refractivity contribution is 9.10. The summed E-state index contributed by atoms with van der Waals surface area (Å²) in [7, 11) is 4.92. The molecular formula is C28H27BrN2O4. The van der Waals surface area contributed by atoms with Crippen LogP contribution in [0.25, 0.3) is 0 Å². The second-order valence-electron chi connectivity index (χ2n) is 8.67. The largest absolute Gasteiger partial charge is 0.497 e. The second kappa shape index (κ2) is 9.66. The van der Waals surface area contributed by atoms with Gasteiger partial charge < -0.3 is 24.8 Å². The van der Waals surface area contributed by atoms with E-state index in [-0.39, 0.29) is 11.7 Å². The molecule has 2 N–H and O–H groups in total. The number of Topliss-reactive ketones (excluding diaryl/α,β-unsaturated/α-hetero) is 1. The number of allylic oxidation sites excluding steroid dienone is 1. The number of ketones is 1. The van der Waals surface area contributed by atoms with Gasteiger partial charge in [-0.3, -0.25) is 4.79 Å². The molecule has 1 aliphatic heterocycles. The molecule has 1 aliphatic carbocycles. The molecule has 2 atom stereocenters. The van der Waals surface area contributed by atoms with Gasteiger partial charge in [-0.2, -0.15) is 0 Å². The van der Waals surface area contributed by atoms with Crippen LogP contribution < -0.4 is 24.8 Å². The number of nitrogens with one attached hydrogen (secondary N) is 2. The summed E-state index contributed by atoms with van der Waals surface area (Å²) in [5.74, 6) is 2.33. The Kier molecular flexibility index (Phi) is 6.43. The molecule has 180 valence electrons. The average molecular weight is 535 g/mol. The Labute approximate surface area is 213 Å². The Morgan fingerprint density at radius 2 is 1.57 bits per heavy atom. The minimum atomic E-state index is -0.401. The third kappa shape index (κ3) is 4.36. The van der Waals surface area contributed by atoms with Crippen LogP contribution in [0.4, 0.5) is 11.4 Å². The van der Waals surface area contributed by atoms with E-state index in [1.807, 2.05) is 60.7 Å². The van der Waals surface area contributed by atoms with Crippen molar-refractivity contribution in [1.82, 2.24) is 0 Å². The van der Waals surface area contributed by atoms with E-state index in [1.165, 1.54) is 0 Å². The number of methoxy groups -OCH3 is 3. The molecule has 2 unspecified atom stereocenters. The molecule has 35 heavy (non-hydrogen) atoms. The van der Waals surface area contributed by atoms with E-state index < -0.39 is 6.04 Å². The van der Waals surface area contributed by atoms with Crippen molar-refractivity contribution in [3.8, 4) is 17.2 Å². The lowest BCUT2D eigenvalue weighted by Gasteiger charge is -2.30. The third-order valence-electron chi connectivity index (χ3n) is 6.71. The molecule has 0 amide bonds. The lowest BCUT2D eigenvalue weighted by atomic mass is 9.78. The van der Waals surface area contributed by atoms with Gasteiger partial charge in [0.05, 0.1) is 43.2 Å². The standard InChI is InChI=1S/C28H27BrN2O4/c1-33-18-10-8-16(9-11-18)17-12-23-27(24(32)13-17)28(31-22-7-5-4-6-21(22)30-23)19-14-26(35-3)20(29)15-25(19)34-2/h4-11,14-15,17,28,30-31H,12-13H2,1-3H3. The molecule has 1 heterocycles. The molecule has 2 aliphatic rings. The highest BCUT2D eigenvalue weighted by Crippen LogP contribution is 2.47. The SMILES string of the molecule is COc1ccc(C2CC(=O)C3=C(C2)Nc2ccccc2NC3c2cc(OC)c(Br)cc2OC)cc1. The molecule has 0 aromatic heterocycles. The van der Waals surface area contributed by atoms with Gasteiger partial charge in [-0.15, -0.1) is 0 Å². The van der Waals surface area contributed by atoms with Gasteiger partial charge in [0.15, 0.2) is 5.78 Å². The minimum absolute atomic E-state index is 0.0758. The van der Waals surface area contributed by atoms with Crippen molar-refractivity contribution in [2.75, 3.05) is 32.0 Å². The van der Waals surface area contributed by atoms with Crippen molar-refractivity contribution < 1.29 is 19.0 Å². The first kappa shape index (κ1) is 23.3. The van der Waals surface area contributed by atoms with Crippen molar-refractivity contribution in [1.29, 1.82) is 0 Å². The van der Waals surface area contributed by atoms with Gasteiger partial charge in [-0.25, -0.2) is 0 Å². The van der Waals surface area contributed by atoms with E-state index in [0.717, 1.165) is 50.4 Å². The van der Waals surface area contributed by atoms with E-state index in [4.69, 9.17) is 14.2 Å². The Morgan fingerprint density at radius 3 is 2.26 bits per heavy atom. The molecule has 0 fully saturated rings.